The van der Waals surface area contributed by atoms with Crippen LogP contribution in [0.3, 0.4) is 0 Å². The Morgan fingerprint density at radius 2 is 2.05 bits per heavy atom. The van der Waals surface area contributed by atoms with Crippen molar-refractivity contribution in [2.75, 3.05) is 12.3 Å². The third-order valence-corrected chi connectivity index (χ3v) is 2.95. The average Bonchev–Trinajstić information content (AvgIpc) is 2.25. The highest BCUT2D eigenvalue weighted by Gasteiger charge is 2.26. The second-order valence-corrected chi connectivity index (χ2v) is 5.68. The zero-order valence-electron chi connectivity index (χ0n) is 11.5. The number of carbonyl (C=O) groups excluding carboxylic acids is 1. The van der Waals surface area contributed by atoms with Gasteiger partial charge in [0.15, 0.2) is 0 Å². The van der Waals surface area contributed by atoms with Crippen LogP contribution in [0.15, 0.2) is 18.2 Å². The van der Waals surface area contributed by atoms with Gasteiger partial charge in [-0.05, 0) is 30.0 Å². The molecule has 0 aliphatic rings. The first-order valence-electron chi connectivity index (χ1n) is 6.22. The van der Waals surface area contributed by atoms with Crippen molar-refractivity contribution in [3.05, 3.63) is 29.6 Å². The van der Waals surface area contributed by atoms with Gasteiger partial charge in [-0.3, -0.25) is 4.79 Å². The van der Waals surface area contributed by atoms with E-state index >= 15 is 0 Å². The summed E-state index contributed by atoms with van der Waals surface area (Å²) in [5, 5.41) is 11.8. The van der Waals surface area contributed by atoms with E-state index in [1.54, 1.807) is 0 Å². The molecular formula is C14H21FN2O2. The lowest BCUT2D eigenvalue weighted by Crippen LogP contribution is -2.44. The number of aliphatic hydroxyl groups is 1. The second-order valence-electron chi connectivity index (χ2n) is 5.68. The molecule has 0 bridgehead atoms. The number of nitrogen functional groups attached to an aromatic ring is 1. The fraction of sp³-hybridized carbons (Fsp3) is 0.500. The highest BCUT2D eigenvalue weighted by molar-refractivity contribution is 5.95. The third kappa shape index (κ3) is 4.52. The molecule has 0 aliphatic heterocycles. The summed E-state index contributed by atoms with van der Waals surface area (Å²) < 4.78 is 13.2. The van der Waals surface area contributed by atoms with Crippen LogP contribution in [0.25, 0.3) is 0 Å². The monoisotopic (exact) mass is 268 g/mol. The van der Waals surface area contributed by atoms with E-state index in [1.165, 1.54) is 6.07 Å². The van der Waals surface area contributed by atoms with E-state index in [9.17, 15) is 9.18 Å². The molecule has 1 amide bonds. The maximum Gasteiger partial charge on any atom is 0.251 e. The molecule has 4 N–H and O–H groups in total. The molecular weight excluding hydrogens is 247 g/mol. The first-order valence-corrected chi connectivity index (χ1v) is 6.22. The normalized spacial score (nSPS) is 13.1. The van der Waals surface area contributed by atoms with Gasteiger partial charge in [0.2, 0.25) is 0 Å². The van der Waals surface area contributed by atoms with Gasteiger partial charge < -0.3 is 16.2 Å². The Morgan fingerprint density at radius 3 is 2.53 bits per heavy atom. The van der Waals surface area contributed by atoms with Crippen LogP contribution in [0.5, 0.6) is 0 Å². The quantitative estimate of drug-likeness (QED) is 0.730. The molecule has 0 fully saturated rings. The summed E-state index contributed by atoms with van der Waals surface area (Å²) in [6.45, 7) is 5.88. The maximum absolute atomic E-state index is 13.2. The van der Waals surface area contributed by atoms with E-state index in [4.69, 9.17) is 10.8 Å². The minimum atomic E-state index is -0.542. The number of hydrogen-bond donors (Lipinski definition) is 3. The molecule has 1 aromatic carbocycles. The summed E-state index contributed by atoms with van der Waals surface area (Å²) in [6, 6.07) is 3.53. The molecule has 0 heterocycles. The lowest BCUT2D eigenvalue weighted by Gasteiger charge is -2.31. The lowest BCUT2D eigenvalue weighted by molar-refractivity contribution is 0.0885. The Morgan fingerprint density at radius 1 is 1.42 bits per heavy atom. The number of nitrogens with two attached hydrogens (primary N) is 1. The number of carbonyl (C=O) groups is 1. The molecule has 0 radical (unpaired) electrons. The van der Waals surface area contributed by atoms with E-state index < -0.39 is 5.82 Å². The minimum absolute atomic E-state index is 0.0203. The number of benzene rings is 1. The Balaban J connectivity index is 2.87. The number of halogens is 1. The van der Waals surface area contributed by atoms with Crippen LogP contribution >= 0.6 is 0 Å². The predicted octanol–water partition coefficient (Wildman–Crippen LogP) is 1.93. The number of aliphatic hydroxyl groups excluding tert-OH is 1. The summed E-state index contributed by atoms with van der Waals surface area (Å²) in [6.07, 6.45) is 0.444. The molecule has 5 heteroatoms. The van der Waals surface area contributed by atoms with E-state index in [2.05, 4.69) is 5.32 Å². The number of anilines is 1. The molecule has 1 rings (SSSR count). The zero-order valence-corrected chi connectivity index (χ0v) is 11.5. The Labute approximate surface area is 112 Å². The molecule has 1 atom stereocenters. The van der Waals surface area contributed by atoms with E-state index in [0.29, 0.717) is 6.42 Å². The van der Waals surface area contributed by atoms with Gasteiger partial charge in [0, 0.05) is 23.9 Å². The molecule has 0 aromatic heterocycles. The highest BCUT2D eigenvalue weighted by atomic mass is 19.1. The number of nitrogens with one attached hydrogen (secondary N) is 1. The highest BCUT2D eigenvalue weighted by Crippen LogP contribution is 2.22. The van der Waals surface area contributed by atoms with Gasteiger partial charge in [0.1, 0.15) is 5.82 Å². The van der Waals surface area contributed by atoms with E-state index in [1.807, 2.05) is 20.8 Å². The first kappa shape index (κ1) is 15.4. The van der Waals surface area contributed by atoms with Crippen molar-refractivity contribution in [3.63, 3.8) is 0 Å². The van der Waals surface area contributed by atoms with Gasteiger partial charge >= 0.3 is 0 Å². The van der Waals surface area contributed by atoms with Crippen molar-refractivity contribution in [1.29, 1.82) is 0 Å². The summed E-state index contributed by atoms with van der Waals surface area (Å²) >= 11 is 0. The number of hydrogen-bond acceptors (Lipinski definition) is 3. The Kier molecular flexibility index (Phi) is 4.89. The van der Waals surface area contributed by atoms with Crippen molar-refractivity contribution in [2.45, 2.75) is 33.2 Å². The van der Waals surface area contributed by atoms with Crippen molar-refractivity contribution in [1.82, 2.24) is 5.32 Å². The Hall–Kier alpha value is -1.62. The van der Waals surface area contributed by atoms with Gasteiger partial charge in [-0.2, -0.15) is 0 Å². The van der Waals surface area contributed by atoms with Crippen LogP contribution < -0.4 is 11.1 Å². The van der Waals surface area contributed by atoms with E-state index in [-0.39, 0.29) is 35.2 Å². The van der Waals surface area contributed by atoms with Crippen LogP contribution in [0, 0.1) is 11.2 Å². The van der Waals surface area contributed by atoms with E-state index in [0.717, 1.165) is 12.1 Å². The van der Waals surface area contributed by atoms with Crippen LogP contribution in [-0.2, 0) is 0 Å². The largest absolute Gasteiger partial charge is 0.399 e. The second kappa shape index (κ2) is 6.02. The van der Waals surface area contributed by atoms with Crippen molar-refractivity contribution < 1.29 is 14.3 Å². The van der Waals surface area contributed by atoms with Crippen molar-refractivity contribution in [3.8, 4) is 0 Å². The van der Waals surface area contributed by atoms with Crippen molar-refractivity contribution >= 4 is 11.6 Å². The number of amides is 1. The lowest BCUT2D eigenvalue weighted by atomic mass is 9.84. The molecule has 0 aliphatic carbocycles. The molecule has 0 saturated heterocycles. The Bertz CT molecular complexity index is 435. The summed E-state index contributed by atoms with van der Waals surface area (Å²) in [7, 11) is 0. The van der Waals surface area contributed by atoms with Gasteiger partial charge in [-0.25, -0.2) is 4.39 Å². The molecule has 0 spiro atoms. The summed E-state index contributed by atoms with van der Waals surface area (Å²) in [5.74, 6) is -0.931. The smallest absolute Gasteiger partial charge is 0.251 e. The fourth-order valence-corrected chi connectivity index (χ4v) is 1.84. The van der Waals surface area contributed by atoms with Gasteiger partial charge in [-0.1, -0.05) is 20.8 Å². The van der Waals surface area contributed by atoms with Gasteiger partial charge in [-0.15, -0.1) is 0 Å². The molecule has 0 saturated carbocycles. The summed E-state index contributed by atoms with van der Waals surface area (Å²) in [4.78, 5) is 12.1. The number of rotatable bonds is 4. The molecule has 19 heavy (non-hydrogen) atoms. The standard InChI is InChI=1S/C14H21FN2O2/c1-14(2,3)12(4-5-18)17-13(19)9-6-10(15)8-11(16)7-9/h6-8,12,18H,4-5,16H2,1-3H3,(H,17,19). The van der Waals surface area contributed by atoms with Crippen LogP contribution in [0.1, 0.15) is 37.6 Å². The van der Waals surface area contributed by atoms with Crippen LogP contribution in [0.2, 0.25) is 0 Å². The van der Waals surface area contributed by atoms with Gasteiger partial charge in [0.25, 0.3) is 5.91 Å². The maximum atomic E-state index is 13.2. The van der Waals surface area contributed by atoms with Gasteiger partial charge in [0.05, 0.1) is 0 Å². The average molecular weight is 268 g/mol. The van der Waals surface area contributed by atoms with Crippen molar-refractivity contribution in [2.24, 2.45) is 5.41 Å². The first-order chi connectivity index (χ1) is 8.74. The predicted molar refractivity (Wildman–Crippen MR) is 73.2 cm³/mol. The molecule has 1 aromatic rings. The molecule has 106 valence electrons. The minimum Gasteiger partial charge on any atom is -0.399 e. The topological polar surface area (TPSA) is 75.3 Å². The fourth-order valence-electron chi connectivity index (χ4n) is 1.84. The molecule has 4 nitrogen and oxygen atoms in total. The zero-order chi connectivity index (χ0) is 14.6. The summed E-state index contributed by atoms with van der Waals surface area (Å²) in [5.41, 5.74) is 5.71. The van der Waals surface area contributed by atoms with Crippen LogP contribution in [0.4, 0.5) is 10.1 Å². The molecule has 1 unspecified atom stereocenters. The van der Waals surface area contributed by atoms with Crippen LogP contribution in [-0.4, -0.2) is 23.7 Å². The third-order valence-electron chi connectivity index (χ3n) is 2.95. The SMILES string of the molecule is CC(C)(C)C(CCO)NC(=O)c1cc(N)cc(F)c1.